The Kier molecular flexibility index (Phi) is 4.28. The molecule has 1 unspecified atom stereocenters. The average molecular weight is 315 g/mol. The standard InChI is InChI=1S/C14H9Cl2FO3/c15-9-3-8(4-10(16)6-9)7-1-2-11(12(17)5-7)13(18)14(19)20/h1-6,13,18H,(H,19,20). The van der Waals surface area contributed by atoms with Gasteiger partial charge in [0.1, 0.15) is 5.82 Å². The van der Waals surface area contributed by atoms with Crippen molar-refractivity contribution in [2.24, 2.45) is 0 Å². The van der Waals surface area contributed by atoms with E-state index in [9.17, 15) is 14.3 Å². The van der Waals surface area contributed by atoms with Crippen LogP contribution in [0.25, 0.3) is 11.1 Å². The molecule has 20 heavy (non-hydrogen) atoms. The van der Waals surface area contributed by atoms with E-state index >= 15 is 0 Å². The van der Waals surface area contributed by atoms with Gasteiger partial charge in [-0.1, -0.05) is 35.3 Å². The Morgan fingerprint density at radius 2 is 1.65 bits per heavy atom. The maximum absolute atomic E-state index is 13.9. The van der Waals surface area contributed by atoms with Crippen LogP contribution in [-0.4, -0.2) is 16.2 Å². The van der Waals surface area contributed by atoms with Crippen LogP contribution in [0.2, 0.25) is 10.0 Å². The van der Waals surface area contributed by atoms with Crippen molar-refractivity contribution in [3.8, 4) is 11.1 Å². The van der Waals surface area contributed by atoms with E-state index in [4.69, 9.17) is 28.3 Å². The molecule has 104 valence electrons. The zero-order chi connectivity index (χ0) is 14.9. The van der Waals surface area contributed by atoms with E-state index in [1.807, 2.05) is 0 Å². The summed E-state index contributed by atoms with van der Waals surface area (Å²) in [6.45, 7) is 0. The summed E-state index contributed by atoms with van der Waals surface area (Å²) in [5, 5.41) is 18.8. The van der Waals surface area contributed by atoms with Crippen LogP contribution in [0.3, 0.4) is 0 Å². The second-order valence-corrected chi connectivity index (χ2v) is 5.01. The third-order valence-corrected chi connectivity index (χ3v) is 3.16. The zero-order valence-corrected chi connectivity index (χ0v) is 11.5. The number of carboxylic acids is 1. The number of hydrogen-bond acceptors (Lipinski definition) is 2. The third kappa shape index (κ3) is 3.10. The molecule has 0 heterocycles. The molecule has 1 atom stereocenters. The summed E-state index contributed by atoms with van der Waals surface area (Å²) < 4.78 is 13.9. The Morgan fingerprint density at radius 1 is 1.05 bits per heavy atom. The van der Waals surface area contributed by atoms with Gasteiger partial charge in [0.2, 0.25) is 0 Å². The number of carboxylic acid groups (broad SMARTS) is 1. The zero-order valence-electron chi connectivity index (χ0n) is 9.98. The lowest BCUT2D eigenvalue weighted by atomic mass is 10.0. The van der Waals surface area contributed by atoms with Gasteiger partial charge in [0.15, 0.2) is 6.10 Å². The number of aliphatic hydroxyl groups excluding tert-OH is 1. The molecule has 0 aliphatic heterocycles. The van der Waals surface area contributed by atoms with Crippen LogP contribution in [0.1, 0.15) is 11.7 Å². The number of halogens is 3. The molecular weight excluding hydrogens is 306 g/mol. The summed E-state index contributed by atoms with van der Waals surface area (Å²) in [5.74, 6) is -2.32. The first-order valence-corrected chi connectivity index (χ1v) is 6.31. The van der Waals surface area contributed by atoms with Gasteiger partial charge in [0.05, 0.1) is 0 Å². The minimum Gasteiger partial charge on any atom is -0.479 e. The predicted octanol–water partition coefficient (Wildman–Crippen LogP) is 3.92. The molecule has 0 amide bonds. The number of carbonyl (C=O) groups is 1. The number of aliphatic carboxylic acids is 1. The fourth-order valence-electron chi connectivity index (χ4n) is 1.78. The van der Waals surface area contributed by atoms with E-state index in [2.05, 4.69) is 0 Å². The lowest BCUT2D eigenvalue weighted by molar-refractivity contribution is -0.147. The second kappa shape index (κ2) is 5.79. The fourth-order valence-corrected chi connectivity index (χ4v) is 2.31. The van der Waals surface area contributed by atoms with Crippen LogP contribution >= 0.6 is 23.2 Å². The number of hydrogen-bond donors (Lipinski definition) is 2. The number of rotatable bonds is 3. The van der Waals surface area contributed by atoms with Crippen molar-refractivity contribution in [3.63, 3.8) is 0 Å². The maximum atomic E-state index is 13.9. The molecule has 0 aromatic heterocycles. The van der Waals surface area contributed by atoms with E-state index in [1.165, 1.54) is 12.1 Å². The monoisotopic (exact) mass is 314 g/mol. The molecule has 3 nitrogen and oxygen atoms in total. The minimum absolute atomic E-state index is 0.297. The van der Waals surface area contributed by atoms with Crippen molar-refractivity contribution < 1.29 is 19.4 Å². The van der Waals surface area contributed by atoms with Gasteiger partial charge in [-0.25, -0.2) is 9.18 Å². The molecular formula is C14H9Cl2FO3. The molecule has 2 rings (SSSR count). The van der Waals surface area contributed by atoms with E-state index in [-0.39, 0.29) is 5.56 Å². The third-order valence-electron chi connectivity index (χ3n) is 2.72. The maximum Gasteiger partial charge on any atom is 0.337 e. The minimum atomic E-state index is -1.90. The first-order valence-electron chi connectivity index (χ1n) is 5.55. The Morgan fingerprint density at radius 3 is 2.15 bits per heavy atom. The van der Waals surface area contributed by atoms with Crippen LogP contribution in [0.5, 0.6) is 0 Å². The van der Waals surface area contributed by atoms with E-state index in [0.717, 1.165) is 6.07 Å². The summed E-state index contributed by atoms with van der Waals surface area (Å²) >= 11 is 11.7. The molecule has 0 aliphatic rings. The van der Waals surface area contributed by atoms with Crippen molar-refractivity contribution >= 4 is 29.2 Å². The van der Waals surface area contributed by atoms with Gasteiger partial charge in [-0.05, 0) is 35.4 Å². The summed E-state index contributed by atoms with van der Waals surface area (Å²) in [7, 11) is 0. The van der Waals surface area contributed by atoms with Gasteiger partial charge in [0.25, 0.3) is 0 Å². The molecule has 0 spiro atoms. The van der Waals surface area contributed by atoms with Crippen LogP contribution in [0.4, 0.5) is 4.39 Å². The van der Waals surface area contributed by atoms with E-state index in [0.29, 0.717) is 21.2 Å². The molecule has 0 radical (unpaired) electrons. The molecule has 0 saturated heterocycles. The summed E-state index contributed by atoms with van der Waals surface area (Å²) in [4.78, 5) is 10.6. The second-order valence-electron chi connectivity index (χ2n) is 4.14. The number of benzene rings is 2. The predicted molar refractivity (Wildman–Crippen MR) is 74.5 cm³/mol. The Hall–Kier alpha value is -1.62. The molecule has 0 fully saturated rings. The summed E-state index contributed by atoms with van der Waals surface area (Å²) in [6.07, 6.45) is -1.90. The summed E-state index contributed by atoms with van der Waals surface area (Å²) in [6, 6.07) is 8.60. The van der Waals surface area contributed by atoms with Gasteiger partial charge in [-0.15, -0.1) is 0 Å². The Bertz CT molecular complexity index is 653. The Labute approximate surface area is 124 Å². The van der Waals surface area contributed by atoms with Crippen molar-refractivity contribution in [2.45, 2.75) is 6.10 Å². The molecule has 0 saturated carbocycles. The first kappa shape index (κ1) is 14.8. The van der Waals surface area contributed by atoms with Crippen molar-refractivity contribution in [1.29, 1.82) is 0 Å². The largest absolute Gasteiger partial charge is 0.479 e. The van der Waals surface area contributed by atoms with Crippen molar-refractivity contribution in [3.05, 3.63) is 57.8 Å². The molecule has 2 N–H and O–H groups in total. The smallest absolute Gasteiger partial charge is 0.337 e. The first-order chi connectivity index (χ1) is 9.38. The van der Waals surface area contributed by atoms with Crippen LogP contribution in [-0.2, 0) is 4.79 Å². The molecule has 2 aromatic rings. The lowest BCUT2D eigenvalue weighted by Gasteiger charge is -2.09. The van der Waals surface area contributed by atoms with E-state index in [1.54, 1.807) is 18.2 Å². The molecule has 0 bridgehead atoms. The fraction of sp³-hybridized carbons (Fsp3) is 0.0714. The highest BCUT2D eigenvalue weighted by Gasteiger charge is 2.20. The molecule has 0 aliphatic carbocycles. The van der Waals surface area contributed by atoms with Crippen LogP contribution < -0.4 is 0 Å². The van der Waals surface area contributed by atoms with Gasteiger partial charge in [-0.2, -0.15) is 0 Å². The SMILES string of the molecule is O=C(O)C(O)c1ccc(-c2cc(Cl)cc(Cl)c2)cc1F. The molecule has 6 heteroatoms. The van der Waals surface area contributed by atoms with E-state index < -0.39 is 17.9 Å². The van der Waals surface area contributed by atoms with Crippen molar-refractivity contribution in [2.75, 3.05) is 0 Å². The highest BCUT2D eigenvalue weighted by Crippen LogP contribution is 2.29. The topological polar surface area (TPSA) is 57.5 Å². The van der Waals surface area contributed by atoms with Crippen LogP contribution in [0.15, 0.2) is 36.4 Å². The molecule has 2 aromatic carbocycles. The van der Waals surface area contributed by atoms with Gasteiger partial charge >= 0.3 is 5.97 Å². The normalized spacial score (nSPS) is 12.2. The average Bonchev–Trinajstić information content (AvgIpc) is 2.36. The highest BCUT2D eigenvalue weighted by atomic mass is 35.5. The van der Waals surface area contributed by atoms with Gasteiger partial charge in [-0.3, -0.25) is 0 Å². The highest BCUT2D eigenvalue weighted by molar-refractivity contribution is 6.35. The quantitative estimate of drug-likeness (QED) is 0.902. The van der Waals surface area contributed by atoms with Gasteiger partial charge < -0.3 is 10.2 Å². The van der Waals surface area contributed by atoms with Crippen LogP contribution in [0, 0.1) is 5.82 Å². The lowest BCUT2D eigenvalue weighted by Crippen LogP contribution is -2.12. The van der Waals surface area contributed by atoms with Crippen molar-refractivity contribution in [1.82, 2.24) is 0 Å². The Balaban J connectivity index is 2.45. The van der Waals surface area contributed by atoms with Gasteiger partial charge in [0, 0.05) is 15.6 Å². The number of aliphatic hydroxyl groups is 1. The summed E-state index contributed by atoms with van der Waals surface area (Å²) in [5.41, 5.74) is 0.778.